The van der Waals surface area contributed by atoms with Crippen LogP contribution in [-0.4, -0.2) is 16.3 Å². The van der Waals surface area contributed by atoms with Crippen LogP contribution in [0.3, 0.4) is 0 Å². The normalized spacial score (nSPS) is 20.6. The van der Waals surface area contributed by atoms with Gasteiger partial charge in [0.25, 0.3) is 0 Å². The SMILES string of the molecule is Cc1ccc(SC2CC2c2ccccc2)cc1C(=O)O. The van der Waals surface area contributed by atoms with Crippen molar-refractivity contribution >= 4 is 17.7 Å². The monoisotopic (exact) mass is 284 g/mol. The second-order valence-electron chi connectivity index (χ2n) is 5.19. The fourth-order valence-electron chi connectivity index (χ4n) is 2.43. The summed E-state index contributed by atoms with van der Waals surface area (Å²) in [5, 5.41) is 9.73. The molecule has 3 heteroatoms. The van der Waals surface area contributed by atoms with Crippen molar-refractivity contribution in [3.63, 3.8) is 0 Å². The van der Waals surface area contributed by atoms with E-state index in [1.54, 1.807) is 17.8 Å². The highest BCUT2D eigenvalue weighted by atomic mass is 32.2. The van der Waals surface area contributed by atoms with E-state index in [0.717, 1.165) is 10.5 Å². The number of carboxylic acid groups (broad SMARTS) is 1. The number of carbonyl (C=O) groups is 1. The molecular formula is C17H16O2S. The van der Waals surface area contributed by atoms with Crippen LogP contribution in [0.2, 0.25) is 0 Å². The third kappa shape index (κ3) is 2.73. The Morgan fingerprint density at radius 1 is 1.20 bits per heavy atom. The van der Waals surface area contributed by atoms with Crippen molar-refractivity contribution in [3.8, 4) is 0 Å². The molecular weight excluding hydrogens is 268 g/mol. The third-order valence-corrected chi connectivity index (χ3v) is 5.04. The third-order valence-electron chi connectivity index (χ3n) is 3.69. The minimum atomic E-state index is -0.847. The van der Waals surface area contributed by atoms with Crippen LogP contribution < -0.4 is 0 Å². The van der Waals surface area contributed by atoms with Gasteiger partial charge in [-0.15, -0.1) is 11.8 Å². The van der Waals surface area contributed by atoms with E-state index in [2.05, 4.69) is 24.3 Å². The maximum Gasteiger partial charge on any atom is 0.335 e. The van der Waals surface area contributed by atoms with Crippen LogP contribution in [0.1, 0.15) is 33.8 Å². The van der Waals surface area contributed by atoms with Crippen molar-refractivity contribution in [2.75, 3.05) is 0 Å². The van der Waals surface area contributed by atoms with E-state index in [0.29, 0.717) is 16.7 Å². The Labute approximate surface area is 122 Å². The number of benzene rings is 2. The quantitative estimate of drug-likeness (QED) is 0.907. The van der Waals surface area contributed by atoms with Crippen LogP contribution in [0.5, 0.6) is 0 Å². The Balaban J connectivity index is 1.71. The molecule has 2 aromatic carbocycles. The fraction of sp³-hybridized carbons (Fsp3) is 0.235. The molecule has 1 saturated carbocycles. The predicted octanol–water partition coefficient (Wildman–Crippen LogP) is 4.34. The summed E-state index contributed by atoms with van der Waals surface area (Å²) < 4.78 is 0. The lowest BCUT2D eigenvalue weighted by Crippen LogP contribution is -1.99. The molecule has 1 N–H and O–H groups in total. The molecule has 0 radical (unpaired) electrons. The standard InChI is InChI=1S/C17H16O2S/c1-11-7-8-13(9-14(11)17(18)19)20-16-10-15(16)12-5-3-2-4-6-12/h2-9,15-16H,10H2,1H3,(H,18,19). The van der Waals surface area contributed by atoms with Crippen LogP contribution in [-0.2, 0) is 0 Å². The first kappa shape index (κ1) is 13.3. The molecule has 0 aromatic heterocycles. The van der Waals surface area contributed by atoms with Gasteiger partial charge in [0, 0.05) is 10.1 Å². The van der Waals surface area contributed by atoms with Crippen LogP contribution in [0, 0.1) is 6.92 Å². The van der Waals surface area contributed by atoms with Crippen LogP contribution >= 0.6 is 11.8 Å². The number of hydrogen-bond acceptors (Lipinski definition) is 2. The Hall–Kier alpha value is -1.74. The first-order valence-electron chi connectivity index (χ1n) is 6.70. The van der Waals surface area contributed by atoms with Crippen molar-refractivity contribution in [3.05, 3.63) is 65.2 Å². The Kier molecular flexibility index (Phi) is 3.53. The van der Waals surface area contributed by atoms with Crippen molar-refractivity contribution in [2.45, 2.75) is 29.4 Å². The fourth-order valence-corrected chi connectivity index (χ4v) is 3.74. The second kappa shape index (κ2) is 5.33. The van der Waals surface area contributed by atoms with E-state index >= 15 is 0 Å². The molecule has 2 unspecified atom stereocenters. The highest BCUT2D eigenvalue weighted by Gasteiger charge is 2.38. The number of aromatic carboxylic acids is 1. The minimum Gasteiger partial charge on any atom is -0.478 e. The summed E-state index contributed by atoms with van der Waals surface area (Å²) in [6.07, 6.45) is 1.17. The number of aryl methyl sites for hydroxylation is 1. The number of hydrogen-bond donors (Lipinski definition) is 1. The van der Waals surface area contributed by atoms with Gasteiger partial charge >= 0.3 is 5.97 Å². The maximum atomic E-state index is 11.2. The molecule has 3 rings (SSSR count). The molecule has 0 heterocycles. The van der Waals surface area contributed by atoms with Crippen molar-refractivity contribution < 1.29 is 9.90 Å². The molecule has 1 fully saturated rings. The van der Waals surface area contributed by atoms with Crippen LogP contribution in [0.25, 0.3) is 0 Å². The van der Waals surface area contributed by atoms with Gasteiger partial charge in [0.05, 0.1) is 5.56 Å². The Morgan fingerprint density at radius 2 is 1.95 bits per heavy atom. The van der Waals surface area contributed by atoms with E-state index in [4.69, 9.17) is 5.11 Å². The molecule has 102 valence electrons. The highest BCUT2D eigenvalue weighted by molar-refractivity contribution is 8.00. The van der Waals surface area contributed by atoms with Gasteiger partial charge in [-0.05, 0) is 42.5 Å². The molecule has 0 bridgehead atoms. The van der Waals surface area contributed by atoms with Crippen LogP contribution in [0.15, 0.2) is 53.4 Å². The zero-order valence-corrected chi connectivity index (χ0v) is 12.1. The molecule has 1 aliphatic carbocycles. The molecule has 1 aliphatic rings. The summed E-state index contributed by atoms with van der Waals surface area (Å²) >= 11 is 1.79. The molecule has 0 saturated heterocycles. The van der Waals surface area contributed by atoms with Gasteiger partial charge in [0.15, 0.2) is 0 Å². The minimum absolute atomic E-state index is 0.409. The largest absolute Gasteiger partial charge is 0.478 e. The van der Waals surface area contributed by atoms with Gasteiger partial charge < -0.3 is 5.11 Å². The van der Waals surface area contributed by atoms with Gasteiger partial charge in [-0.3, -0.25) is 0 Å². The molecule has 2 atom stereocenters. The van der Waals surface area contributed by atoms with E-state index in [9.17, 15) is 4.79 Å². The van der Waals surface area contributed by atoms with E-state index in [1.807, 2.05) is 25.1 Å². The first-order valence-corrected chi connectivity index (χ1v) is 7.58. The van der Waals surface area contributed by atoms with Gasteiger partial charge in [-0.1, -0.05) is 36.4 Å². The first-order chi connectivity index (χ1) is 9.65. The topological polar surface area (TPSA) is 37.3 Å². The number of rotatable bonds is 4. The van der Waals surface area contributed by atoms with Gasteiger partial charge in [-0.2, -0.15) is 0 Å². The zero-order chi connectivity index (χ0) is 14.1. The Morgan fingerprint density at radius 3 is 2.65 bits per heavy atom. The van der Waals surface area contributed by atoms with Gasteiger partial charge in [0.2, 0.25) is 0 Å². The van der Waals surface area contributed by atoms with E-state index in [1.165, 1.54) is 12.0 Å². The second-order valence-corrected chi connectivity index (χ2v) is 6.50. The average Bonchev–Trinajstić information content (AvgIpc) is 3.21. The summed E-state index contributed by atoms with van der Waals surface area (Å²) in [6, 6.07) is 16.2. The lowest BCUT2D eigenvalue weighted by molar-refractivity contribution is 0.0696. The smallest absolute Gasteiger partial charge is 0.335 e. The van der Waals surface area contributed by atoms with E-state index < -0.39 is 5.97 Å². The molecule has 0 amide bonds. The summed E-state index contributed by atoms with van der Waals surface area (Å²) in [5.74, 6) is -0.240. The predicted molar refractivity (Wildman–Crippen MR) is 81.6 cm³/mol. The summed E-state index contributed by atoms with van der Waals surface area (Å²) in [6.45, 7) is 1.84. The van der Waals surface area contributed by atoms with Crippen molar-refractivity contribution in [2.24, 2.45) is 0 Å². The van der Waals surface area contributed by atoms with Gasteiger partial charge in [0.1, 0.15) is 0 Å². The summed E-state index contributed by atoms with van der Waals surface area (Å²) in [7, 11) is 0. The molecule has 0 aliphatic heterocycles. The number of thioether (sulfide) groups is 1. The molecule has 2 aromatic rings. The lowest BCUT2D eigenvalue weighted by Gasteiger charge is -2.05. The van der Waals surface area contributed by atoms with Gasteiger partial charge in [-0.25, -0.2) is 4.79 Å². The zero-order valence-electron chi connectivity index (χ0n) is 11.2. The van der Waals surface area contributed by atoms with E-state index in [-0.39, 0.29) is 0 Å². The highest BCUT2D eigenvalue weighted by Crippen LogP contribution is 2.51. The summed E-state index contributed by atoms with van der Waals surface area (Å²) in [5.41, 5.74) is 2.61. The number of carboxylic acids is 1. The summed E-state index contributed by atoms with van der Waals surface area (Å²) in [4.78, 5) is 12.2. The van der Waals surface area contributed by atoms with Crippen molar-refractivity contribution in [1.82, 2.24) is 0 Å². The van der Waals surface area contributed by atoms with Crippen molar-refractivity contribution in [1.29, 1.82) is 0 Å². The Bertz CT molecular complexity index is 637. The molecule has 20 heavy (non-hydrogen) atoms. The molecule has 2 nitrogen and oxygen atoms in total. The maximum absolute atomic E-state index is 11.2. The molecule has 0 spiro atoms. The van der Waals surface area contributed by atoms with Crippen LogP contribution in [0.4, 0.5) is 0 Å². The lowest BCUT2D eigenvalue weighted by atomic mass is 10.1. The average molecular weight is 284 g/mol.